The topological polar surface area (TPSA) is 35.2 Å². The fourth-order valence-corrected chi connectivity index (χ4v) is 9.08. The second-order valence-electron chi connectivity index (χ2n) is 9.51. The molecule has 3 rings (SSSR count). The molecule has 32 heavy (non-hydrogen) atoms. The van der Waals surface area contributed by atoms with Crippen LogP contribution in [0.4, 0.5) is 0 Å². The van der Waals surface area contributed by atoms with Crippen LogP contribution in [0.25, 0.3) is 6.08 Å². The number of benzene rings is 3. The Bertz CT molecular complexity index is 997. The summed E-state index contributed by atoms with van der Waals surface area (Å²) in [5.41, 5.74) is 10.8. The number of hydrogen-bond acceptors (Lipinski definition) is 2. The van der Waals surface area contributed by atoms with E-state index in [0.29, 0.717) is 13.2 Å². The standard InChI is InChI=1S/C29H37NOSi/c1-23-19-20-25(14-12-13-21-30)24(2)28(23)22-31-32(29(3,4)5,26-15-8-6-9-16-26)27-17-10-7-11-18-27/h6-12,14-20H,13,21-22,30H2,1-5H3. The molecule has 0 unspecified atom stereocenters. The van der Waals surface area contributed by atoms with E-state index in [2.05, 4.69) is 120 Å². The van der Waals surface area contributed by atoms with Crippen LogP contribution in [-0.4, -0.2) is 14.9 Å². The van der Waals surface area contributed by atoms with Crippen LogP contribution in [0.5, 0.6) is 0 Å². The zero-order valence-electron chi connectivity index (χ0n) is 20.2. The van der Waals surface area contributed by atoms with Gasteiger partial charge in [-0.1, -0.05) is 106 Å². The predicted octanol–water partition coefficient (Wildman–Crippen LogP) is 5.74. The minimum Gasteiger partial charge on any atom is -0.403 e. The lowest BCUT2D eigenvalue weighted by Crippen LogP contribution is -2.66. The summed E-state index contributed by atoms with van der Waals surface area (Å²) in [5, 5.41) is 2.59. The summed E-state index contributed by atoms with van der Waals surface area (Å²) in [6.45, 7) is 12.6. The molecule has 0 aromatic heterocycles. The van der Waals surface area contributed by atoms with Crippen LogP contribution in [0, 0.1) is 13.8 Å². The third-order valence-electron chi connectivity index (χ3n) is 6.36. The highest BCUT2D eigenvalue weighted by atomic mass is 28.4. The van der Waals surface area contributed by atoms with Gasteiger partial charge in [-0.3, -0.25) is 0 Å². The van der Waals surface area contributed by atoms with Gasteiger partial charge in [-0.05, 0) is 64.5 Å². The van der Waals surface area contributed by atoms with Gasteiger partial charge in [0.25, 0.3) is 8.32 Å². The van der Waals surface area contributed by atoms with E-state index in [4.69, 9.17) is 10.2 Å². The van der Waals surface area contributed by atoms with E-state index in [9.17, 15) is 0 Å². The summed E-state index contributed by atoms with van der Waals surface area (Å²) < 4.78 is 7.19. The van der Waals surface area contributed by atoms with Crippen molar-refractivity contribution in [2.75, 3.05) is 6.54 Å². The lowest BCUT2D eigenvalue weighted by atomic mass is 9.98. The fraction of sp³-hybridized carbons (Fsp3) is 0.310. The maximum absolute atomic E-state index is 7.19. The smallest absolute Gasteiger partial charge is 0.261 e. The van der Waals surface area contributed by atoms with Crippen LogP contribution in [0.3, 0.4) is 0 Å². The third kappa shape index (κ3) is 4.96. The van der Waals surface area contributed by atoms with Crippen LogP contribution in [0.2, 0.25) is 5.04 Å². The lowest BCUT2D eigenvalue weighted by Gasteiger charge is -2.43. The molecule has 0 atom stereocenters. The third-order valence-corrected chi connectivity index (χ3v) is 11.3. The summed E-state index contributed by atoms with van der Waals surface area (Å²) in [7, 11) is -2.56. The molecule has 0 saturated carbocycles. The Morgan fingerprint density at radius 2 is 1.41 bits per heavy atom. The highest BCUT2D eigenvalue weighted by molar-refractivity contribution is 6.99. The molecule has 2 nitrogen and oxygen atoms in total. The van der Waals surface area contributed by atoms with Gasteiger partial charge in [-0.15, -0.1) is 0 Å². The molecule has 0 aliphatic rings. The number of nitrogens with two attached hydrogens (primary N) is 1. The first-order valence-corrected chi connectivity index (χ1v) is 13.4. The van der Waals surface area contributed by atoms with Crippen LogP contribution >= 0.6 is 0 Å². The van der Waals surface area contributed by atoms with Crippen LogP contribution in [0.1, 0.15) is 49.4 Å². The van der Waals surface area contributed by atoms with Gasteiger partial charge < -0.3 is 10.2 Å². The number of hydrogen-bond donors (Lipinski definition) is 1. The van der Waals surface area contributed by atoms with Gasteiger partial charge >= 0.3 is 0 Å². The van der Waals surface area contributed by atoms with E-state index in [1.54, 1.807) is 0 Å². The summed E-state index contributed by atoms with van der Waals surface area (Å²) in [4.78, 5) is 0. The van der Waals surface area contributed by atoms with Gasteiger partial charge in [0.2, 0.25) is 0 Å². The quantitative estimate of drug-likeness (QED) is 0.450. The fourth-order valence-electron chi connectivity index (χ4n) is 4.56. The van der Waals surface area contributed by atoms with Crippen molar-refractivity contribution in [3.05, 3.63) is 101 Å². The zero-order valence-corrected chi connectivity index (χ0v) is 21.2. The van der Waals surface area contributed by atoms with E-state index in [0.717, 1.165) is 6.42 Å². The molecule has 0 bridgehead atoms. The molecule has 2 N–H and O–H groups in total. The molecular weight excluding hydrogens is 406 g/mol. The Hall–Kier alpha value is -2.46. The van der Waals surface area contributed by atoms with Crippen molar-refractivity contribution in [1.82, 2.24) is 0 Å². The van der Waals surface area contributed by atoms with Gasteiger partial charge in [0.15, 0.2) is 0 Å². The second-order valence-corrected chi connectivity index (χ2v) is 13.8. The van der Waals surface area contributed by atoms with Crippen molar-refractivity contribution >= 4 is 24.8 Å². The van der Waals surface area contributed by atoms with E-state index >= 15 is 0 Å². The maximum atomic E-state index is 7.19. The monoisotopic (exact) mass is 443 g/mol. The SMILES string of the molecule is Cc1ccc(C=CCCN)c(C)c1CO[Si](c1ccccc1)(c1ccccc1)C(C)(C)C. The summed E-state index contributed by atoms with van der Waals surface area (Å²) >= 11 is 0. The van der Waals surface area contributed by atoms with Crippen molar-refractivity contribution in [1.29, 1.82) is 0 Å². The molecule has 3 heteroatoms. The molecule has 3 aromatic rings. The summed E-state index contributed by atoms with van der Waals surface area (Å²) in [6.07, 6.45) is 5.24. The second kappa shape index (κ2) is 10.4. The Morgan fingerprint density at radius 1 is 0.844 bits per heavy atom. The first kappa shape index (κ1) is 24.2. The van der Waals surface area contributed by atoms with E-state index in [1.165, 1.54) is 32.6 Å². The van der Waals surface area contributed by atoms with Crippen molar-refractivity contribution < 1.29 is 4.43 Å². The minimum absolute atomic E-state index is 0.0316. The Kier molecular flexibility index (Phi) is 7.89. The van der Waals surface area contributed by atoms with Crippen LogP contribution < -0.4 is 16.1 Å². The zero-order chi connectivity index (χ0) is 23.2. The van der Waals surface area contributed by atoms with Crippen molar-refractivity contribution in [2.45, 2.75) is 52.7 Å². The normalized spacial score (nSPS) is 12.4. The molecule has 0 spiro atoms. The molecule has 0 aliphatic carbocycles. The molecule has 168 valence electrons. The molecule has 0 heterocycles. The number of aryl methyl sites for hydroxylation is 1. The molecule has 0 radical (unpaired) electrons. The van der Waals surface area contributed by atoms with E-state index < -0.39 is 8.32 Å². The van der Waals surface area contributed by atoms with Gasteiger partial charge in [0.1, 0.15) is 0 Å². The average molecular weight is 444 g/mol. The lowest BCUT2D eigenvalue weighted by molar-refractivity contribution is 0.285. The van der Waals surface area contributed by atoms with E-state index in [-0.39, 0.29) is 5.04 Å². The van der Waals surface area contributed by atoms with E-state index in [1.807, 2.05) is 0 Å². The minimum atomic E-state index is -2.56. The predicted molar refractivity (Wildman–Crippen MR) is 141 cm³/mol. The largest absolute Gasteiger partial charge is 0.403 e. The Morgan fingerprint density at radius 3 is 1.91 bits per heavy atom. The average Bonchev–Trinajstić information content (AvgIpc) is 2.78. The number of rotatable bonds is 8. The van der Waals surface area contributed by atoms with Gasteiger partial charge in [-0.2, -0.15) is 0 Å². The van der Waals surface area contributed by atoms with Crippen LogP contribution in [0.15, 0.2) is 78.9 Å². The molecule has 0 amide bonds. The van der Waals surface area contributed by atoms with Crippen LogP contribution in [-0.2, 0) is 11.0 Å². The first-order chi connectivity index (χ1) is 15.3. The molecule has 3 aromatic carbocycles. The van der Waals surface area contributed by atoms with Gasteiger partial charge in [0, 0.05) is 0 Å². The molecular formula is C29H37NOSi. The van der Waals surface area contributed by atoms with Crippen molar-refractivity contribution in [2.24, 2.45) is 5.73 Å². The Balaban J connectivity index is 2.09. The first-order valence-electron chi connectivity index (χ1n) is 11.5. The highest BCUT2D eigenvalue weighted by Gasteiger charge is 2.50. The van der Waals surface area contributed by atoms with Gasteiger partial charge in [0.05, 0.1) is 6.61 Å². The Labute approximate surface area is 195 Å². The summed E-state index contributed by atoms with van der Waals surface area (Å²) in [6, 6.07) is 26.1. The maximum Gasteiger partial charge on any atom is 0.261 e. The molecule has 0 aliphatic heterocycles. The van der Waals surface area contributed by atoms with Crippen molar-refractivity contribution in [3.63, 3.8) is 0 Å². The highest BCUT2D eigenvalue weighted by Crippen LogP contribution is 2.37. The molecule has 0 fully saturated rings. The summed E-state index contributed by atoms with van der Waals surface area (Å²) in [5.74, 6) is 0. The molecule has 0 saturated heterocycles. The van der Waals surface area contributed by atoms with Gasteiger partial charge in [-0.25, -0.2) is 0 Å². The van der Waals surface area contributed by atoms with Crippen molar-refractivity contribution in [3.8, 4) is 0 Å².